The van der Waals surface area contributed by atoms with Crippen LogP contribution in [0.4, 0.5) is 5.69 Å². The molecular formula is C20H23N3OS. The molecule has 1 aromatic carbocycles. The summed E-state index contributed by atoms with van der Waals surface area (Å²) in [4.78, 5) is 8.57. The van der Waals surface area contributed by atoms with Gasteiger partial charge < -0.3 is 10.1 Å². The predicted octanol–water partition coefficient (Wildman–Crippen LogP) is 4.09. The summed E-state index contributed by atoms with van der Waals surface area (Å²) >= 11 is 1.83. The molecule has 0 amide bonds. The van der Waals surface area contributed by atoms with Gasteiger partial charge in [0.2, 0.25) is 0 Å². The number of aryl methyl sites for hydroxylation is 1. The maximum atomic E-state index is 5.54. The molecule has 1 unspecified atom stereocenters. The molecule has 4 rings (SSSR count). The summed E-state index contributed by atoms with van der Waals surface area (Å²) in [5.74, 6) is 0. The minimum absolute atomic E-state index is 0.371. The number of hydrogen-bond acceptors (Lipinski definition) is 5. The van der Waals surface area contributed by atoms with Gasteiger partial charge >= 0.3 is 0 Å². The second-order valence-electron chi connectivity index (χ2n) is 6.39. The zero-order valence-electron chi connectivity index (χ0n) is 14.4. The molecule has 5 heteroatoms. The fraction of sp³-hybridized carbons (Fsp3) is 0.350. The number of aromatic nitrogens is 1. The molecule has 3 heterocycles. The highest BCUT2D eigenvalue weighted by molar-refractivity contribution is 7.10. The lowest BCUT2D eigenvalue weighted by Gasteiger charge is -2.34. The van der Waals surface area contributed by atoms with Gasteiger partial charge in [-0.3, -0.25) is 9.88 Å². The number of para-hydroxylation sites is 1. The van der Waals surface area contributed by atoms with Crippen LogP contribution in [0.1, 0.15) is 16.6 Å². The van der Waals surface area contributed by atoms with Gasteiger partial charge in [0.25, 0.3) is 0 Å². The van der Waals surface area contributed by atoms with Crippen molar-refractivity contribution in [1.29, 1.82) is 0 Å². The van der Waals surface area contributed by atoms with Crippen LogP contribution in [0.3, 0.4) is 0 Å². The third-order valence-electron chi connectivity index (χ3n) is 4.69. The minimum atomic E-state index is 0.371. The second-order valence-corrected chi connectivity index (χ2v) is 7.37. The highest BCUT2D eigenvalue weighted by Crippen LogP contribution is 2.28. The summed E-state index contributed by atoms with van der Waals surface area (Å²) in [6.07, 6.45) is 0. The van der Waals surface area contributed by atoms with Crippen LogP contribution in [0.2, 0.25) is 0 Å². The van der Waals surface area contributed by atoms with E-state index in [2.05, 4.69) is 63.9 Å². The zero-order valence-corrected chi connectivity index (χ0v) is 15.3. The van der Waals surface area contributed by atoms with Crippen LogP contribution in [0.25, 0.3) is 10.9 Å². The van der Waals surface area contributed by atoms with E-state index in [1.807, 2.05) is 17.4 Å². The van der Waals surface area contributed by atoms with Gasteiger partial charge in [-0.2, -0.15) is 0 Å². The Balaban J connectivity index is 1.59. The molecule has 2 aromatic heterocycles. The summed E-state index contributed by atoms with van der Waals surface area (Å²) in [5, 5.41) is 7.04. The Bertz CT molecular complexity index is 828. The fourth-order valence-corrected chi connectivity index (χ4v) is 4.30. The van der Waals surface area contributed by atoms with E-state index >= 15 is 0 Å². The van der Waals surface area contributed by atoms with E-state index in [-0.39, 0.29) is 0 Å². The summed E-state index contributed by atoms with van der Waals surface area (Å²) in [5.41, 5.74) is 3.25. The lowest BCUT2D eigenvalue weighted by Crippen LogP contribution is -2.41. The standard InChI is InChI=1S/C20H23N3OS/c1-15-13-18(16-5-2-3-6-17(16)22-15)21-14-19(20-7-4-12-25-20)23-8-10-24-11-9-23/h2-7,12-13,19H,8-11,14H2,1H3,(H,21,22). The van der Waals surface area contributed by atoms with Crippen LogP contribution in [0, 0.1) is 6.92 Å². The first-order chi connectivity index (χ1) is 12.3. The molecule has 0 saturated carbocycles. The van der Waals surface area contributed by atoms with E-state index in [1.54, 1.807) is 0 Å². The van der Waals surface area contributed by atoms with E-state index in [4.69, 9.17) is 4.74 Å². The highest BCUT2D eigenvalue weighted by Gasteiger charge is 2.23. The van der Waals surface area contributed by atoms with Crippen LogP contribution >= 0.6 is 11.3 Å². The molecule has 4 nitrogen and oxygen atoms in total. The number of benzene rings is 1. The van der Waals surface area contributed by atoms with Crippen molar-refractivity contribution >= 4 is 27.9 Å². The largest absolute Gasteiger partial charge is 0.382 e. The van der Waals surface area contributed by atoms with Crippen molar-refractivity contribution in [2.24, 2.45) is 0 Å². The van der Waals surface area contributed by atoms with E-state index in [0.717, 1.165) is 49.7 Å². The molecule has 1 N–H and O–H groups in total. The van der Waals surface area contributed by atoms with Crippen LogP contribution in [0.5, 0.6) is 0 Å². The molecule has 0 radical (unpaired) electrons. The number of morpholine rings is 1. The Labute approximate surface area is 152 Å². The van der Waals surface area contributed by atoms with E-state index in [1.165, 1.54) is 10.3 Å². The second kappa shape index (κ2) is 7.52. The Morgan fingerprint density at radius 2 is 2.04 bits per heavy atom. The minimum Gasteiger partial charge on any atom is -0.382 e. The first-order valence-electron chi connectivity index (χ1n) is 8.77. The first kappa shape index (κ1) is 16.5. The number of hydrogen-bond donors (Lipinski definition) is 1. The van der Waals surface area contributed by atoms with Crippen molar-refractivity contribution in [3.8, 4) is 0 Å². The van der Waals surface area contributed by atoms with Crippen molar-refractivity contribution < 1.29 is 4.74 Å². The average molecular weight is 353 g/mol. The van der Waals surface area contributed by atoms with Crippen molar-refractivity contribution in [1.82, 2.24) is 9.88 Å². The van der Waals surface area contributed by atoms with Crippen LogP contribution in [0.15, 0.2) is 47.8 Å². The molecule has 130 valence electrons. The third kappa shape index (κ3) is 3.68. The molecule has 1 atom stereocenters. The van der Waals surface area contributed by atoms with Crippen LogP contribution in [-0.2, 0) is 4.74 Å². The number of fused-ring (bicyclic) bond motifs is 1. The SMILES string of the molecule is Cc1cc(NCC(c2cccs2)N2CCOCC2)c2ccccc2n1. The smallest absolute Gasteiger partial charge is 0.0725 e. The Morgan fingerprint density at radius 3 is 2.84 bits per heavy atom. The Morgan fingerprint density at radius 1 is 1.20 bits per heavy atom. The number of rotatable bonds is 5. The maximum absolute atomic E-state index is 5.54. The van der Waals surface area contributed by atoms with Gasteiger partial charge in [-0.25, -0.2) is 0 Å². The van der Waals surface area contributed by atoms with Crippen molar-refractivity contribution in [2.75, 3.05) is 38.2 Å². The van der Waals surface area contributed by atoms with Gasteiger partial charge in [0.05, 0.1) is 24.8 Å². The molecule has 1 aliphatic heterocycles. The average Bonchev–Trinajstić information content (AvgIpc) is 3.17. The number of thiophene rings is 1. The summed E-state index contributed by atoms with van der Waals surface area (Å²) in [7, 11) is 0. The van der Waals surface area contributed by atoms with Gasteiger partial charge in [0, 0.05) is 41.3 Å². The molecule has 1 fully saturated rings. The normalized spacial score (nSPS) is 16.8. The quantitative estimate of drug-likeness (QED) is 0.750. The van der Waals surface area contributed by atoms with Crippen LogP contribution in [-0.4, -0.2) is 42.7 Å². The molecule has 0 aliphatic carbocycles. The lowest BCUT2D eigenvalue weighted by molar-refractivity contribution is 0.0194. The van der Waals surface area contributed by atoms with Gasteiger partial charge in [-0.15, -0.1) is 11.3 Å². The number of nitrogens with zero attached hydrogens (tertiary/aromatic N) is 2. The third-order valence-corrected chi connectivity index (χ3v) is 5.66. The first-order valence-corrected chi connectivity index (χ1v) is 9.65. The van der Waals surface area contributed by atoms with Gasteiger partial charge in [0.15, 0.2) is 0 Å². The molecule has 0 spiro atoms. The monoisotopic (exact) mass is 353 g/mol. The highest BCUT2D eigenvalue weighted by atomic mass is 32.1. The van der Waals surface area contributed by atoms with Gasteiger partial charge in [0.1, 0.15) is 0 Å². The fourth-order valence-electron chi connectivity index (χ4n) is 3.44. The van der Waals surface area contributed by atoms with Crippen molar-refractivity contribution in [3.05, 3.63) is 58.4 Å². The number of ether oxygens (including phenoxy) is 1. The number of nitrogens with one attached hydrogen (secondary N) is 1. The molecule has 1 aliphatic rings. The van der Waals surface area contributed by atoms with Crippen LogP contribution < -0.4 is 5.32 Å². The molecule has 25 heavy (non-hydrogen) atoms. The number of pyridine rings is 1. The molecular weight excluding hydrogens is 330 g/mol. The van der Waals surface area contributed by atoms with Crippen molar-refractivity contribution in [3.63, 3.8) is 0 Å². The maximum Gasteiger partial charge on any atom is 0.0725 e. The summed E-state index contributed by atoms with van der Waals surface area (Å²) in [6.45, 7) is 6.55. The summed E-state index contributed by atoms with van der Waals surface area (Å²) in [6, 6.07) is 15.2. The van der Waals surface area contributed by atoms with Gasteiger partial charge in [-0.1, -0.05) is 24.3 Å². The predicted molar refractivity (Wildman–Crippen MR) is 104 cm³/mol. The zero-order chi connectivity index (χ0) is 17.1. The van der Waals surface area contributed by atoms with Crippen molar-refractivity contribution in [2.45, 2.75) is 13.0 Å². The van der Waals surface area contributed by atoms with E-state index in [9.17, 15) is 0 Å². The van der Waals surface area contributed by atoms with E-state index in [0.29, 0.717) is 6.04 Å². The summed E-state index contributed by atoms with van der Waals surface area (Å²) < 4.78 is 5.54. The molecule has 0 bridgehead atoms. The Kier molecular flexibility index (Phi) is 4.97. The topological polar surface area (TPSA) is 37.4 Å². The van der Waals surface area contributed by atoms with Gasteiger partial charge in [-0.05, 0) is 30.5 Å². The lowest BCUT2D eigenvalue weighted by atomic mass is 10.1. The van der Waals surface area contributed by atoms with E-state index < -0.39 is 0 Å². The Hall–Kier alpha value is -1.95. The molecule has 1 saturated heterocycles. The number of anilines is 1. The molecule has 3 aromatic rings.